The first kappa shape index (κ1) is 20.3. The van der Waals surface area contributed by atoms with Gasteiger partial charge in [0.2, 0.25) is 5.16 Å². The Labute approximate surface area is 166 Å². The fourth-order valence-corrected chi connectivity index (χ4v) is 3.96. The van der Waals surface area contributed by atoms with Crippen LogP contribution in [0.15, 0.2) is 28.7 Å². The van der Waals surface area contributed by atoms with E-state index in [9.17, 15) is 13.2 Å². The Morgan fingerprint density at radius 3 is 2.68 bits per heavy atom. The molecule has 3 rings (SSSR count). The summed E-state index contributed by atoms with van der Waals surface area (Å²) in [5, 5.41) is 9.12. The molecule has 0 saturated heterocycles. The van der Waals surface area contributed by atoms with Crippen molar-refractivity contribution in [2.24, 2.45) is 0 Å². The van der Waals surface area contributed by atoms with Gasteiger partial charge in [0, 0.05) is 16.7 Å². The SMILES string of the molecule is CCOc1ccc(-c2nc(CSc3nnc(C(F)(F)F)n3N)cs2)cc1OC. The number of rotatable bonds is 7. The highest BCUT2D eigenvalue weighted by atomic mass is 32.2. The molecule has 2 aromatic heterocycles. The van der Waals surface area contributed by atoms with Crippen molar-refractivity contribution in [3.8, 4) is 22.1 Å². The maximum atomic E-state index is 12.7. The van der Waals surface area contributed by atoms with Gasteiger partial charge in [0.15, 0.2) is 11.5 Å². The number of benzene rings is 1. The average Bonchev–Trinajstić information content (AvgIpc) is 3.27. The van der Waals surface area contributed by atoms with Crippen LogP contribution in [-0.4, -0.2) is 33.6 Å². The predicted octanol–water partition coefficient (Wildman–Crippen LogP) is 3.83. The second-order valence-corrected chi connectivity index (χ2v) is 7.21. The van der Waals surface area contributed by atoms with E-state index in [0.29, 0.717) is 34.2 Å². The molecule has 0 aliphatic heterocycles. The molecule has 0 atom stereocenters. The van der Waals surface area contributed by atoms with Gasteiger partial charge in [-0.3, -0.25) is 0 Å². The van der Waals surface area contributed by atoms with Crippen LogP contribution in [0, 0.1) is 0 Å². The Kier molecular flexibility index (Phi) is 5.98. The number of alkyl halides is 3. The highest BCUT2D eigenvalue weighted by Gasteiger charge is 2.38. The van der Waals surface area contributed by atoms with Gasteiger partial charge in [-0.05, 0) is 25.1 Å². The van der Waals surface area contributed by atoms with E-state index < -0.39 is 12.0 Å². The van der Waals surface area contributed by atoms with Crippen LogP contribution in [0.5, 0.6) is 11.5 Å². The molecule has 1 aromatic carbocycles. The van der Waals surface area contributed by atoms with Crippen molar-refractivity contribution in [1.29, 1.82) is 0 Å². The van der Waals surface area contributed by atoms with Gasteiger partial charge < -0.3 is 15.3 Å². The molecule has 0 radical (unpaired) electrons. The molecule has 150 valence electrons. The van der Waals surface area contributed by atoms with Crippen LogP contribution in [0.3, 0.4) is 0 Å². The van der Waals surface area contributed by atoms with Crippen molar-refractivity contribution in [3.63, 3.8) is 0 Å². The van der Waals surface area contributed by atoms with Crippen molar-refractivity contribution in [2.45, 2.75) is 24.0 Å². The van der Waals surface area contributed by atoms with Crippen LogP contribution >= 0.6 is 23.1 Å². The smallest absolute Gasteiger partial charge is 0.453 e. The zero-order valence-electron chi connectivity index (χ0n) is 14.9. The van der Waals surface area contributed by atoms with Crippen molar-refractivity contribution in [1.82, 2.24) is 19.9 Å². The van der Waals surface area contributed by atoms with Crippen LogP contribution in [0.4, 0.5) is 13.2 Å². The van der Waals surface area contributed by atoms with Gasteiger partial charge in [0.05, 0.1) is 19.4 Å². The fraction of sp³-hybridized carbons (Fsp3) is 0.312. The third kappa shape index (κ3) is 4.33. The molecule has 2 N–H and O–H groups in total. The lowest BCUT2D eigenvalue weighted by atomic mass is 10.2. The Morgan fingerprint density at radius 2 is 2.04 bits per heavy atom. The molecule has 0 bridgehead atoms. The quantitative estimate of drug-likeness (QED) is 0.449. The number of thiazole rings is 1. The van der Waals surface area contributed by atoms with E-state index in [2.05, 4.69) is 15.2 Å². The number of methoxy groups -OCH3 is 1. The van der Waals surface area contributed by atoms with E-state index in [1.54, 1.807) is 7.11 Å². The summed E-state index contributed by atoms with van der Waals surface area (Å²) in [6.45, 7) is 2.41. The van der Waals surface area contributed by atoms with Crippen LogP contribution < -0.4 is 15.3 Å². The Balaban J connectivity index is 1.72. The maximum Gasteiger partial charge on any atom is 0.453 e. The Bertz CT molecular complexity index is 958. The van der Waals surface area contributed by atoms with Gasteiger partial charge in [0.25, 0.3) is 5.82 Å². The molecule has 0 saturated carbocycles. The van der Waals surface area contributed by atoms with E-state index in [0.717, 1.165) is 22.3 Å². The first-order valence-corrected chi connectivity index (χ1v) is 9.86. The molecule has 0 amide bonds. The summed E-state index contributed by atoms with van der Waals surface area (Å²) >= 11 is 2.44. The van der Waals surface area contributed by atoms with Crippen molar-refractivity contribution in [2.75, 3.05) is 19.6 Å². The Hall–Kier alpha value is -2.47. The number of hydrogen-bond donors (Lipinski definition) is 1. The first-order chi connectivity index (χ1) is 13.3. The minimum Gasteiger partial charge on any atom is -0.493 e. The van der Waals surface area contributed by atoms with Crippen LogP contribution in [0.25, 0.3) is 10.6 Å². The summed E-state index contributed by atoms with van der Waals surface area (Å²) in [5.41, 5.74) is 1.54. The number of nitrogens with zero attached hydrogens (tertiary/aromatic N) is 4. The molecular formula is C16H16F3N5O2S2. The third-order valence-corrected chi connectivity index (χ3v) is 5.45. The van der Waals surface area contributed by atoms with Crippen molar-refractivity contribution >= 4 is 23.1 Å². The van der Waals surface area contributed by atoms with Crippen LogP contribution in [0.1, 0.15) is 18.4 Å². The molecule has 3 aromatic rings. The minimum absolute atomic E-state index is 0.0374. The summed E-state index contributed by atoms with van der Waals surface area (Å²) in [7, 11) is 1.56. The lowest BCUT2D eigenvalue weighted by Crippen LogP contribution is -2.21. The van der Waals surface area contributed by atoms with E-state index in [1.165, 1.54) is 11.3 Å². The van der Waals surface area contributed by atoms with Gasteiger partial charge >= 0.3 is 6.18 Å². The molecule has 28 heavy (non-hydrogen) atoms. The van der Waals surface area contributed by atoms with Crippen molar-refractivity contribution in [3.05, 3.63) is 35.1 Å². The topological polar surface area (TPSA) is 88.1 Å². The van der Waals surface area contributed by atoms with Crippen molar-refractivity contribution < 1.29 is 22.6 Å². The summed E-state index contributed by atoms with van der Waals surface area (Å²) in [6, 6.07) is 5.51. The monoisotopic (exact) mass is 431 g/mol. The van der Waals surface area contributed by atoms with Gasteiger partial charge in [-0.15, -0.1) is 21.5 Å². The van der Waals surface area contributed by atoms with E-state index in [4.69, 9.17) is 15.3 Å². The highest BCUT2D eigenvalue weighted by Crippen LogP contribution is 2.35. The normalized spacial score (nSPS) is 11.6. The zero-order valence-corrected chi connectivity index (χ0v) is 16.5. The number of aromatic nitrogens is 4. The number of ether oxygens (including phenoxy) is 2. The lowest BCUT2D eigenvalue weighted by Gasteiger charge is -2.09. The number of nitrogens with two attached hydrogens (primary N) is 1. The van der Waals surface area contributed by atoms with E-state index in [1.807, 2.05) is 30.5 Å². The summed E-state index contributed by atoms with van der Waals surface area (Å²) in [4.78, 5) is 4.51. The summed E-state index contributed by atoms with van der Waals surface area (Å²) in [5.74, 6) is 5.73. The minimum atomic E-state index is -4.65. The van der Waals surface area contributed by atoms with Gasteiger partial charge in [-0.1, -0.05) is 11.8 Å². The first-order valence-electron chi connectivity index (χ1n) is 7.99. The average molecular weight is 431 g/mol. The summed E-state index contributed by atoms with van der Waals surface area (Å²) < 4.78 is 49.4. The molecule has 0 aliphatic rings. The molecular weight excluding hydrogens is 415 g/mol. The number of halogens is 3. The predicted molar refractivity (Wildman–Crippen MR) is 100 cm³/mol. The number of thioether (sulfide) groups is 1. The highest BCUT2D eigenvalue weighted by molar-refractivity contribution is 7.98. The fourth-order valence-electron chi connectivity index (χ4n) is 2.29. The largest absolute Gasteiger partial charge is 0.493 e. The molecule has 0 unspecified atom stereocenters. The second-order valence-electron chi connectivity index (χ2n) is 5.41. The van der Waals surface area contributed by atoms with Gasteiger partial charge in [0.1, 0.15) is 5.01 Å². The zero-order chi connectivity index (χ0) is 20.3. The van der Waals surface area contributed by atoms with E-state index in [-0.39, 0.29) is 5.16 Å². The number of hydrogen-bond acceptors (Lipinski definition) is 8. The second kappa shape index (κ2) is 8.27. The summed E-state index contributed by atoms with van der Waals surface area (Å²) in [6.07, 6.45) is -4.65. The van der Waals surface area contributed by atoms with Crippen LogP contribution in [0.2, 0.25) is 0 Å². The lowest BCUT2D eigenvalue weighted by molar-refractivity contribution is -0.146. The van der Waals surface area contributed by atoms with Crippen LogP contribution in [-0.2, 0) is 11.9 Å². The maximum absolute atomic E-state index is 12.7. The molecule has 0 fully saturated rings. The molecule has 7 nitrogen and oxygen atoms in total. The molecule has 2 heterocycles. The molecule has 12 heteroatoms. The van der Waals surface area contributed by atoms with E-state index >= 15 is 0 Å². The van der Waals surface area contributed by atoms with Gasteiger partial charge in [-0.25, -0.2) is 9.66 Å². The number of nitrogen functional groups attached to an aromatic ring is 1. The molecule has 0 spiro atoms. The molecule has 0 aliphatic carbocycles. The standard InChI is InChI=1S/C16H16F3N5O2S2/c1-3-26-11-5-4-9(6-12(11)25-2)13-21-10(7-27-13)8-28-15-23-22-14(24(15)20)16(17,18)19/h4-7H,3,8,20H2,1-2H3. The third-order valence-electron chi connectivity index (χ3n) is 3.53. The Morgan fingerprint density at radius 1 is 1.25 bits per heavy atom. The van der Waals surface area contributed by atoms with Gasteiger partial charge in [-0.2, -0.15) is 13.2 Å².